The largest absolute Gasteiger partial charge is 0.383 e. The second-order valence-electron chi connectivity index (χ2n) is 4.32. The van der Waals surface area contributed by atoms with Crippen LogP contribution in [-0.4, -0.2) is 39.9 Å². The number of rotatable bonds is 6. The topological polar surface area (TPSA) is 84.1 Å². The van der Waals surface area contributed by atoms with Crippen molar-refractivity contribution in [3.05, 3.63) is 11.9 Å². The summed E-state index contributed by atoms with van der Waals surface area (Å²) in [6.07, 6.45) is 2.13. The summed E-state index contributed by atoms with van der Waals surface area (Å²) in [5, 5.41) is 3.13. The van der Waals surface area contributed by atoms with Crippen molar-refractivity contribution in [1.82, 2.24) is 14.9 Å². The summed E-state index contributed by atoms with van der Waals surface area (Å²) in [7, 11) is 0. The average Bonchev–Trinajstić information content (AvgIpc) is 2.40. The molecule has 0 spiro atoms. The molecular weight excluding hydrogens is 242 g/mol. The molecule has 1 aromatic heterocycles. The van der Waals surface area contributed by atoms with E-state index >= 15 is 0 Å². The van der Waals surface area contributed by atoms with Crippen molar-refractivity contribution in [2.75, 3.05) is 24.1 Å². The number of nitrogens with one attached hydrogen (secondary N) is 1. The highest BCUT2D eigenvalue weighted by Crippen LogP contribution is 2.18. The van der Waals surface area contributed by atoms with Gasteiger partial charge in [0.2, 0.25) is 5.91 Å². The predicted molar refractivity (Wildman–Crippen MR) is 76.8 cm³/mol. The van der Waals surface area contributed by atoms with E-state index in [0.717, 1.165) is 12.0 Å². The normalized spacial score (nSPS) is 12.0. The maximum absolute atomic E-state index is 12.2. The third-order valence-corrected chi connectivity index (χ3v) is 3.13. The average molecular weight is 265 g/mol. The lowest BCUT2D eigenvalue weighted by Crippen LogP contribution is -2.41. The molecule has 1 aromatic rings. The molecule has 0 aromatic carbocycles. The second-order valence-corrected chi connectivity index (χ2v) is 4.32. The monoisotopic (exact) mass is 265 g/mol. The van der Waals surface area contributed by atoms with Gasteiger partial charge in [0.1, 0.15) is 24.0 Å². The van der Waals surface area contributed by atoms with Gasteiger partial charge in [-0.25, -0.2) is 9.97 Å². The van der Waals surface area contributed by atoms with Crippen LogP contribution in [0.2, 0.25) is 0 Å². The van der Waals surface area contributed by atoms with Gasteiger partial charge in [-0.2, -0.15) is 0 Å². The molecule has 0 aliphatic heterocycles. The quantitative estimate of drug-likeness (QED) is 0.809. The summed E-state index contributed by atoms with van der Waals surface area (Å²) in [4.78, 5) is 22.1. The van der Waals surface area contributed by atoms with Gasteiger partial charge in [-0.05, 0) is 27.2 Å². The Morgan fingerprint density at radius 3 is 2.53 bits per heavy atom. The highest BCUT2D eigenvalue weighted by atomic mass is 16.2. The Kier molecular flexibility index (Phi) is 5.54. The molecule has 106 valence electrons. The van der Waals surface area contributed by atoms with Crippen LogP contribution < -0.4 is 11.1 Å². The standard InChI is InChI=1S/C13H23N5O/c1-5-10-11(14)15-8-16-12(10)17-9(4)13(19)18(6-2)7-3/h8-9H,5-7H2,1-4H3,(H3,14,15,16,17). The molecule has 0 aliphatic rings. The van der Waals surface area contributed by atoms with E-state index in [1.165, 1.54) is 6.33 Å². The van der Waals surface area contributed by atoms with Crippen LogP contribution in [0.3, 0.4) is 0 Å². The Bertz CT molecular complexity index is 431. The Morgan fingerprint density at radius 2 is 2.00 bits per heavy atom. The minimum absolute atomic E-state index is 0.0595. The molecule has 6 heteroatoms. The number of likely N-dealkylation sites (N-methyl/N-ethyl adjacent to an activating group) is 1. The second kappa shape index (κ2) is 6.92. The fourth-order valence-corrected chi connectivity index (χ4v) is 1.97. The number of aromatic nitrogens is 2. The molecule has 3 N–H and O–H groups in total. The van der Waals surface area contributed by atoms with Crippen LogP contribution in [0.5, 0.6) is 0 Å². The third kappa shape index (κ3) is 3.56. The van der Waals surface area contributed by atoms with Gasteiger partial charge in [-0.3, -0.25) is 4.79 Å². The Labute approximate surface area is 114 Å². The summed E-state index contributed by atoms with van der Waals surface area (Å²) < 4.78 is 0. The van der Waals surface area contributed by atoms with Gasteiger partial charge in [-0.1, -0.05) is 6.92 Å². The number of nitrogen functional groups attached to an aromatic ring is 1. The first-order valence-electron chi connectivity index (χ1n) is 6.69. The minimum Gasteiger partial charge on any atom is -0.383 e. The van der Waals surface area contributed by atoms with Crippen LogP contribution in [0.15, 0.2) is 6.33 Å². The van der Waals surface area contributed by atoms with Gasteiger partial charge in [-0.15, -0.1) is 0 Å². The summed E-state index contributed by atoms with van der Waals surface area (Å²) in [6.45, 7) is 9.15. The number of nitrogens with zero attached hydrogens (tertiary/aromatic N) is 3. The first-order chi connectivity index (χ1) is 9.04. The number of amides is 1. The molecule has 1 unspecified atom stereocenters. The molecule has 0 saturated carbocycles. The number of anilines is 2. The van der Waals surface area contributed by atoms with E-state index in [9.17, 15) is 4.79 Å². The number of nitrogens with two attached hydrogens (primary N) is 1. The lowest BCUT2D eigenvalue weighted by Gasteiger charge is -2.24. The molecule has 0 fully saturated rings. The molecule has 0 radical (unpaired) electrons. The number of carbonyl (C=O) groups is 1. The summed E-state index contributed by atoms with van der Waals surface area (Å²) in [5.41, 5.74) is 6.66. The van der Waals surface area contributed by atoms with Gasteiger partial charge in [0, 0.05) is 18.7 Å². The zero-order valence-corrected chi connectivity index (χ0v) is 12.1. The Balaban J connectivity index is 2.85. The molecular formula is C13H23N5O. The van der Waals surface area contributed by atoms with Crippen LogP contribution in [-0.2, 0) is 11.2 Å². The van der Waals surface area contributed by atoms with Crippen molar-refractivity contribution in [2.45, 2.75) is 40.2 Å². The van der Waals surface area contributed by atoms with Gasteiger partial charge in [0.05, 0.1) is 0 Å². The van der Waals surface area contributed by atoms with Crippen LogP contribution >= 0.6 is 0 Å². The van der Waals surface area contributed by atoms with E-state index in [1.54, 1.807) is 4.90 Å². The van der Waals surface area contributed by atoms with Gasteiger partial charge in [0.25, 0.3) is 0 Å². The van der Waals surface area contributed by atoms with Crippen molar-refractivity contribution in [3.63, 3.8) is 0 Å². The fourth-order valence-electron chi connectivity index (χ4n) is 1.97. The SMILES string of the molecule is CCc1c(N)ncnc1NC(C)C(=O)N(CC)CC. The molecule has 0 bridgehead atoms. The minimum atomic E-state index is -0.334. The van der Waals surface area contributed by atoms with Gasteiger partial charge < -0.3 is 16.0 Å². The maximum Gasteiger partial charge on any atom is 0.244 e. The first kappa shape index (κ1) is 15.2. The number of carbonyl (C=O) groups excluding carboxylic acids is 1. The number of hydrogen-bond donors (Lipinski definition) is 2. The third-order valence-electron chi connectivity index (χ3n) is 3.13. The van der Waals surface area contributed by atoms with Crippen molar-refractivity contribution < 1.29 is 4.79 Å². The van der Waals surface area contributed by atoms with E-state index in [2.05, 4.69) is 15.3 Å². The van der Waals surface area contributed by atoms with Gasteiger partial charge >= 0.3 is 0 Å². The van der Waals surface area contributed by atoms with E-state index in [-0.39, 0.29) is 11.9 Å². The molecule has 1 rings (SSSR count). The number of hydrogen-bond acceptors (Lipinski definition) is 5. The van der Waals surface area contributed by atoms with Crippen LogP contribution in [0.25, 0.3) is 0 Å². The molecule has 1 atom stereocenters. The van der Waals surface area contributed by atoms with Crippen LogP contribution in [0, 0.1) is 0 Å². The molecule has 1 amide bonds. The molecule has 19 heavy (non-hydrogen) atoms. The maximum atomic E-state index is 12.2. The summed E-state index contributed by atoms with van der Waals surface area (Å²) in [6, 6.07) is -0.334. The van der Waals surface area contributed by atoms with Crippen molar-refractivity contribution in [3.8, 4) is 0 Å². The van der Waals surface area contributed by atoms with Crippen molar-refractivity contribution >= 4 is 17.5 Å². The van der Waals surface area contributed by atoms with E-state index in [1.807, 2.05) is 27.7 Å². The Morgan fingerprint density at radius 1 is 1.37 bits per heavy atom. The first-order valence-corrected chi connectivity index (χ1v) is 6.69. The zero-order chi connectivity index (χ0) is 14.4. The van der Waals surface area contributed by atoms with Gasteiger partial charge in [0.15, 0.2) is 0 Å². The van der Waals surface area contributed by atoms with Crippen molar-refractivity contribution in [1.29, 1.82) is 0 Å². The fraction of sp³-hybridized carbons (Fsp3) is 0.615. The van der Waals surface area contributed by atoms with E-state index < -0.39 is 0 Å². The molecule has 0 aliphatic carbocycles. The molecule has 0 saturated heterocycles. The van der Waals surface area contributed by atoms with E-state index in [4.69, 9.17) is 5.73 Å². The lowest BCUT2D eigenvalue weighted by molar-refractivity contribution is -0.131. The highest BCUT2D eigenvalue weighted by Gasteiger charge is 2.19. The smallest absolute Gasteiger partial charge is 0.244 e. The lowest BCUT2D eigenvalue weighted by atomic mass is 10.2. The zero-order valence-electron chi connectivity index (χ0n) is 12.1. The molecule has 6 nitrogen and oxygen atoms in total. The van der Waals surface area contributed by atoms with Crippen molar-refractivity contribution in [2.24, 2.45) is 0 Å². The molecule has 1 heterocycles. The van der Waals surface area contributed by atoms with Crippen LogP contribution in [0.4, 0.5) is 11.6 Å². The summed E-state index contributed by atoms with van der Waals surface area (Å²) >= 11 is 0. The van der Waals surface area contributed by atoms with E-state index in [0.29, 0.717) is 24.7 Å². The Hall–Kier alpha value is -1.85. The van der Waals surface area contributed by atoms with Crippen LogP contribution in [0.1, 0.15) is 33.3 Å². The summed E-state index contributed by atoms with van der Waals surface area (Å²) in [5.74, 6) is 1.16. The highest BCUT2D eigenvalue weighted by molar-refractivity contribution is 5.84. The predicted octanol–water partition coefficient (Wildman–Crippen LogP) is 1.29.